The Morgan fingerprint density at radius 1 is 1.57 bits per heavy atom. The van der Waals surface area contributed by atoms with Gasteiger partial charge in [-0.15, -0.1) is 0 Å². The number of likely N-dealkylation sites (tertiary alicyclic amines) is 1. The van der Waals surface area contributed by atoms with E-state index in [1.807, 2.05) is 0 Å². The van der Waals surface area contributed by atoms with Crippen LogP contribution in [0.4, 0.5) is 18.4 Å². The van der Waals surface area contributed by atoms with Gasteiger partial charge in [-0.3, -0.25) is 0 Å². The summed E-state index contributed by atoms with van der Waals surface area (Å²) in [5.74, 6) is 0. The molecule has 0 aromatic carbocycles. The summed E-state index contributed by atoms with van der Waals surface area (Å²) in [6, 6.07) is 0. The third-order valence-electron chi connectivity index (χ3n) is 3.52. The molecule has 120 valence electrons. The number of nitrogens with zero attached hydrogens (tertiary/aromatic N) is 1. The summed E-state index contributed by atoms with van der Waals surface area (Å²) in [6.07, 6.45) is -4.78. The molecule has 2 heterocycles. The molecule has 2 aliphatic rings. The number of carbonyl (C=O) groups is 2. The number of nitrogens with one attached hydrogen (secondary N) is 1. The number of hydrogen-bond donors (Lipinski definition) is 1. The first-order chi connectivity index (χ1) is 9.61. The number of piperidine rings is 1. The highest BCUT2D eigenvalue weighted by atomic mass is 19.3. The van der Waals surface area contributed by atoms with Gasteiger partial charge in [-0.05, 0) is 20.8 Å². The highest BCUT2D eigenvalue weighted by Gasteiger charge is 2.54. The first-order valence-corrected chi connectivity index (χ1v) is 6.86. The van der Waals surface area contributed by atoms with Gasteiger partial charge in [0.05, 0.1) is 6.54 Å². The van der Waals surface area contributed by atoms with Gasteiger partial charge in [-0.1, -0.05) is 0 Å². The van der Waals surface area contributed by atoms with Crippen LogP contribution < -0.4 is 5.32 Å². The smallest absolute Gasteiger partial charge is 0.410 e. The van der Waals surface area contributed by atoms with Crippen LogP contribution in [-0.2, 0) is 9.47 Å². The maximum absolute atomic E-state index is 12.8. The summed E-state index contributed by atoms with van der Waals surface area (Å²) in [5, 5.41) is 2.46. The number of alkyl carbamates (subject to hydrolysis) is 1. The molecule has 2 rings (SSSR count). The average Bonchev–Trinajstić information content (AvgIpc) is 2.59. The number of fused-ring (bicyclic) bond motifs is 1. The summed E-state index contributed by atoms with van der Waals surface area (Å²) in [4.78, 5) is 24.8. The largest absolute Gasteiger partial charge is 0.444 e. The number of carbonyl (C=O) groups excluding carboxylic acids is 2. The summed E-state index contributed by atoms with van der Waals surface area (Å²) in [6.45, 7) is 5.45. The molecule has 2 atom stereocenters. The highest BCUT2D eigenvalue weighted by molar-refractivity contribution is 5.73. The second kappa shape index (κ2) is 5.31. The molecule has 0 aromatic heterocycles. The van der Waals surface area contributed by atoms with Crippen molar-refractivity contribution in [3.63, 3.8) is 0 Å². The van der Waals surface area contributed by atoms with Gasteiger partial charge >= 0.3 is 12.2 Å². The van der Waals surface area contributed by atoms with Gasteiger partial charge in [0.25, 0.3) is 0 Å². The van der Waals surface area contributed by atoms with Crippen molar-refractivity contribution >= 4 is 12.2 Å². The number of alkyl halides is 2. The molecule has 6 nitrogen and oxygen atoms in total. The van der Waals surface area contributed by atoms with Crippen molar-refractivity contribution in [1.29, 1.82) is 0 Å². The second-order valence-electron chi connectivity index (χ2n) is 6.46. The van der Waals surface area contributed by atoms with Crippen LogP contribution >= 0.6 is 0 Å². The molecule has 2 amide bonds. The Morgan fingerprint density at radius 3 is 2.81 bits per heavy atom. The van der Waals surface area contributed by atoms with E-state index in [9.17, 15) is 18.4 Å². The number of ether oxygens (including phenoxy) is 2. The molecule has 8 heteroatoms. The minimum Gasteiger partial charge on any atom is -0.444 e. The van der Waals surface area contributed by atoms with Crippen molar-refractivity contribution in [3.05, 3.63) is 0 Å². The Balaban J connectivity index is 2.12. The molecule has 0 radical (unpaired) electrons. The van der Waals surface area contributed by atoms with Crippen molar-refractivity contribution in [2.75, 3.05) is 13.1 Å². The third-order valence-corrected chi connectivity index (χ3v) is 3.52. The van der Waals surface area contributed by atoms with E-state index in [-0.39, 0.29) is 6.54 Å². The SMILES string of the molecule is CC(C)(C)OC(=O)N1CCC2OC(=O)NC2(CC(F)F)C1. The lowest BCUT2D eigenvalue weighted by atomic mass is 9.84. The average molecular weight is 306 g/mol. The standard InChI is InChI=1S/C13H20F2N2O4/c1-12(2,3)21-11(19)17-5-4-8-13(7-17,6-9(14)15)16-10(18)20-8/h8-9H,4-7H2,1-3H3,(H,16,18). The third kappa shape index (κ3) is 3.54. The van der Waals surface area contributed by atoms with Gasteiger partial charge < -0.3 is 19.7 Å². The predicted molar refractivity (Wildman–Crippen MR) is 69.2 cm³/mol. The highest BCUT2D eigenvalue weighted by Crippen LogP contribution is 2.34. The molecule has 2 saturated heterocycles. The number of halogens is 2. The first-order valence-electron chi connectivity index (χ1n) is 6.86. The van der Waals surface area contributed by atoms with Gasteiger partial charge in [-0.2, -0.15) is 0 Å². The summed E-state index contributed by atoms with van der Waals surface area (Å²) >= 11 is 0. The summed E-state index contributed by atoms with van der Waals surface area (Å²) in [7, 11) is 0. The van der Waals surface area contributed by atoms with Crippen LogP contribution in [0.1, 0.15) is 33.6 Å². The van der Waals surface area contributed by atoms with Gasteiger partial charge in [-0.25, -0.2) is 18.4 Å². The van der Waals surface area contributed by atoms with Crippen molar-refractivity contribution in [2.45, 2.75) is 57.3 Å². The topological polar surface area (TPSA) is 67.9 Å². The fourth-order valence-corrected chi connectivity index (χ4v) is 2.73. The number of amides is 2. The summed E-state index contributed by atoms with van der Waals surface area (Å²) < 4.78 is 36.0. The van der Waals surface area contributed by atoms with Crippen LogP contribution in [0.15, 0.2) is 0 Å². The Labute approximate surface area is 121 Å². The maximum Gasteiger partial charge on any atom is 0.410 e. The van der Waals surface area contributed by atoms with Gasteiger partial charge in [0.15, 0.2) is 0 Å². The lowest BCUT2D eigenvalue weighted by Gasteiger charge is -2.42. The number of hydrogen-bond acceptors (Lipinski definition) is 4. The molecule has 0 aromatic rings. The van der Waals surface area contributed by atoms with Crippen molar-refractivity contribution in [1.82, 2.24) is 10.2 Å². The van der Waals surface area contributed by atoms with E-state index in [2.05, 4.69) is 5.32 Å². The van der Waals surface area contributed by atoms with Crippen LogP contribution in [0.25, 0.3) is 0 Å². The Kier molecular flexibility index (Phi) is 3.99. The van der Waals surface area contributed by atoms with E-state index in [4.69, 9.17) is 9.47 Å². The van der Waals surface area contributed by atoms with Crippen LogP contribution in [0.2, 0.25) is 0 Å². The molecule has 1 N–H and O–H groups in total. The fourth-order valence-electron chi connectivity index (χ4n) is 2.73. The summed E-state index contributed by atoms with van der Waals surface area (Å²) in [5.41, 5.74) is -1.90. The lowest BCUT2D eigenvalue weighted by Crippen LogP contribution is -2.62. The molecular weight excluding hydrogens is 286 g/mol. The maximum atomic E-state index is 12.8. The van der Waals surface area contributed by atoms with Crippen molar-refractivity contribution in [2.24, 2.45) is 0 Å². The van der Waals surface area contributed by atoms with Crippen LogP contribution in [0.5, 0.6) is 0 Å². The van der Waals surface area contributed by atoms with Crippen molar-refractivity contribution < 1.29 is 27.8 Å². The minimum atomic E-state index is -2.60. The zero-order valence-corrected chi connectivity index (χ0v) is 12.3. The van der Waals surface area contributed by atoms with Crippen LogP contribution in [-0.4, -0.2) is 53.8 Å². The van der Waals surface area contributed by atoms with E-state index in [1.165, 1.54) is 4.90 Å². The van der Waals surface area contributed by atoms with E-state index < -0.39 is 42.3 Å². The second-order valence-corrected chi connectivity index (χ2v) is 6.46. The first kappa shape index (κ1) is 15.8. The molecule has 2 aliphatic heterocycles. The molecule has 0 bridgehead atoms. The van der Waals surface area contributed by atoms with Gasteiger partial charge in [0.1, 0.15) is 17.2 Å². The van der Waals surface area contributed by atoms with E-state index in [0.717, 1.165) is 0 Å². The lowest BCUT2D eigenvalue weighted by molar-refractivity contribution is -0.0203. The van der Waals surface area contributed by atoms with E-state index >= 15 is 0 Å². The van der Waals surface area contributed by atoms with Crippen LogP contribution in [0.3, 0.4) is 0 Å². The fraction of sp³-hybridized carbons (Fsp3) is 0.846. The van der Waals surface area contributed by atoms with Gasteiger partial charge in [0.2, 0.25) is 6.43 Å². The Bertz CT molecular complexity index is 438. The quantitative estimate of drug-likeness (QED) is 0.848. The zero-order chi connectivity index (χ0) is 15.8. The molecule has 0 saturated carbocycles. The molecular formula is C13H20F2N2O4. The normalized spacial score (nSPS) is 29.0. The monoisotopic (exact) mass is 306 g/mol. The predicted octanol–water partition coefficient (Wildman–Crippen LogP) is 2.13. The molecule has 2 fully saturated rings. The van der Waals surface area contributed by atoms with Gasteiger partial charge in [0, 0.05) is 19.4 Å². The van der Waals surface area contributed by atoms with Crippen LogP contribution in [0, 0.1) is 0 Å². The Morgan fingerprint density at radius 2 is 2.24 bits per heavy atom. The molecule has 0 aliphatic carbocycles. The molecule has 0 spiro atoms. The molecule has 2 unspecified atom stereocenters. The van der Waals surface area contributed by atoms with Crippen molar-refractivity contribution in [3.8, 4) is 0 Å². The number of rotatable bonds is 2. The van der Waals surface area contributed by atoms with E-state index in [1.54, 1.807) is 20.8 Å². The Hall–Kier alpha value is -1.60. The van der Waals surface area contributed by atoms with E-state index in [0.29, 0.717) is 13.0 Å². The zero-order valence-electron chi connectivity index (χ0n) is 12.3. The minimum absolute atomic E-state index is 0.0390. The molecule has 21 heavy (non-hydrogen) atoms.